The topological polar surface area (TPSA) is 90.0 Å². The van der Waals surface area contributed by atoms with E-state index in [1.165, 1.54) is 12.4 Å². The molecule has 1 aromatic heterocycles. The molecule has 0 fully saturated rings. The van der Waals surface area contributed by atoms with Crippen LogP contribution in [0, 0.1) is 0 Å². The van der Waals surface area contributed by atoms with Gasteiger partial charge in [-0.3, -0.25) is 9.40 Å². The van der Waals surface area contributed by atoms with Crippen LogP contribution in [0.4, 0.5) is 5.69 Å². The molecule has 0 bridgehead atoms. The molecule has 0 saturated carbocycles. The second kappa shape index (κ2) is 6.91. The molecule has 1 aromatic carbocycles. The number of benzene rings is 1. The van der Waals surface area contributed by atoms with Crippen molar-refractivity contribution in [3.63, 3.8) is 0 Å². The Morgan fingerprint density at radius 1 is 1.29 bits per heavy atom. The summed E-state index contributed by atoms with van der Waals surface area (Å²) >= 11 is 6.64. The van der Waals surface area contributed by atoms with Crippen LogP contribution < -0.4 is 10.5 Å². The monoisotopic (exact) mass is 436 g/mol. The third-order valence-corrected chi connectivity index (χ3v) is 5.34. The first-order valence-corrected chi connectivity index (χ1v) is 9.20. The molecule has 0 atom stereocenters. The number of anilines is 1. The van der Waals surface area contributed by atoms with Crippen molar-refractivity contribution in [2.24, 2.45) is 5.73 Å². The summed E-state index contributed by atoms with van der Waals surface area (Å²) in [5.41, 5.74) is 5.87. The van der Waals surface area contributed by atoms with Gasteiger partial charge in [-0.1, -0.05) is 6.07 Å². The smallest absolute Gasteiger partial charge is 0.265 e. The van der Waals surface area contributed by atoms with Gasteiger partial charge in [0.1, 0.15) is 4.90 Å². The zero-order valence-corrected chi connectivity index (χ0v) is 14.9. The summed E-state index contributed by atoms with van der Waals surface area (Å²) in [5, 5.41) is 4.02. The number of aryl methyl sites for hydroxylation is 1. The Bertz CT molecular complexity index is 710. The first kappa shape index (κ1) is 16.5. The summed E-state index contributed by atoms with van der Waals surface area (Å²) in [6, 6.07) is 5.32. The third kappa shape index (κ3) is 4.06. The molecule has 114 valence electrons. The van der Waals surface area contributed by atoms with Crippen molar-refractivity contribution in [1.82, 2.24) is 9.78 Å². The largest absolute Gasteiger partial charge is 0.330 e. The van der Waals surface area contributed by atoms with Gasteiger partial charge in [0, 0.05) is 21.7 Å². The van der Waals surface area contributed by atoms with Crippen molar-refractivity contribution < 1.29 is 8.42 Å². The van der Waals surface area contributed by atoms with Gasteiger partial charge >= 0.3 is 0 Å². The van der Waals surface area contributed by atoms with E-state index in [0.717, 1.165) is 6.42 Å². The molecule has 6 nitrogen and oxygen atoms in total. The maximum absolute atomic E-state index is 12.4. The maximum Gasteiger partial charge on any atom is 0.265 e. The second-order valence-corrected chi connectivity index (χ2v) is 7.67. The van der Waals surface area contributed by atoms with E-state index in [9.17, 15) is 8.42 Å². The van der Waals surface area contributed by atoms with Crippen LogP contribution in [0.2, 0.25) is 0 Å². The van der Waals surface area contributed by atoms with Gasteiger partial charge in [0.15, 0.2) is 0 Å². The summed E-state index contributed by atoms with van der Waals surface area (Å²) in [5.74, 6) is 0. The highest BCUT2D eigenvalue weighted by molar-refractivity contribution is 9.11. The zero-order chi connectivity index (χ0) is 15.5. The Balaban J connectivity index is 2.24. The molecule has 0 unspecified atom stereocenters. The molecule has 0 amide bonds. The van der Waals surface area contributed by atoms with Crippen molar-refractivity contribution in [3.8, 4) is 0 Å². The molecule has 0 aliphatic rings. The van der Waals surface area contributed by atoms with Crippen molar-refractivity contribution in [3.05, 3.63) is 39.5 Å². The highest BCUT2D eigenvalue weighted by Gasteiger charge is 2.19. The molecule has 2 rings (SSSR count). The zero-order valence-electron chi connectivity index (χ0n) is 11.0. The number of hydrogen-bond donors (Lipinski definition) is 2. The molecule has 9 heteroatoms. The standard InChI is InChI=1S/C12H14Br2N4O2S/c13-10-3-1-4-11(14)12(10)17-21(19,20)9-7-16-18(8-9)6-2-5-15/h1,3-4,7-8,17H,2,5-6,15H2. The second-order valence-electron chi connectivity index (χ2n) is 4.28. The molecule has 21 heavy (non-hydrogen) atoms. The van der Waals surface area contributed by atoms with Crippen molar-refractivity contribution in [2.45, 2.75) is 17.9 Å². The van der Waals surface area contributed by atoms with Crippen LogP contribution in [0.1, 0.15) is 6.42 Å². The molecule has 2 aromatic rings. The number of nitrogens with one attached hydrogen (secondary N) is 1. The number of sulfonamides is 1. The predicted molar refractivity (Wildman–Crippen MR) is 88.5 cm³/mol. The summed E-state index contributed by atoms with van der Waals surface area (Å²) in [7, 11) is -3.69. The van der Waals surface area contributed by atoms with Gasteiger partial charge in [-0.2, -0.15) is 5.10 Å². The maximum atomic E-state index is 12.4. The molecule has 3 N–H and O–H groups in total. The fourth-order valence-electron chi connectivity index (χ4n) is 1.65. The van der Waals surface area contributed by atoms with E-state index < -0.39 is 10.0 Å². The molecular weight excluding hydrogens is 424 g/mol. The third-order valence-electron chi connectivity index (χ3n) is 2.71. The van der Waals surface area contributed by atoms with E-state index in [0.29, 0.717) is 27.7 Å². The van der Waals surface area contributed by atoms with Crippen LogP contribution in [0.15, 0.2) is 44.4 Å². The lowest BCUT2D eigenvalue weighted by Gasteiger charge is -2.10. The lowest BCUT2D eigenvalue weighted by atomic mass is 10.3. The summed E-state index contributed by atoms with van der Waals surface area (Å²) in [6.45, 7) is 1.12. The van der Waals surface area contributed by atoms with Crippen LogP contribution in [-0.4, -0.2) is 24.7 Å². The van der Waals surface area contributed by atoms with Crippen molar-refractivity contribution in [1.29, 1.82) is 0 Å². The Labute approximate surface area is 140 Å². The highest BCUT2D eigenvalue weighted by atomic mass is 79.9. The fourth-order valence-corrected chi connectivity index (χ4v) is 4.16. The van der Waals surface area contributed by atoms with E-state index in [1.54, 1.807) is 22.9 Å². The highest BCUT2D eigenvalue weighted by Crippen LogP contribution is 2.32. The minimum Gasteiger partial charge on any atom is -0.330 e. The minimum atomic E-state index is -3.69. The number of para-hydroxylation sites is 1. The normalized spacial score (nSPS) is 11.6. The first-order valence-electron chi connectivity index (χ1n) is 6.13. The van der Waals surface area contributed by atoms with E-state index in [1.807, 2.05) is 0 Å². The Kier molecular flexibility index (Phi) is 5.42. The SMILES string of the molecule is NCCCn1cc(S(=O)(=O)Nc2c(Br)cccc2Br)cn1. The number of nitrogens with two attached hydrogens (primary N) is 1. The van der Waals surface area contributed by atoms with E-state index in [2.05, 4.69) is 41.7 Å². The fraction of sp³-hybridized carbons (Fsp3) is 0.250. The summed E-state index contributed by atoms with van der Waals surface area (Å²) in [4.78, 5) is 0.113. The Morgan fingerprint density at radius 3 is 2.57 bits per heavy atom. The summed E-state index contributed by atoms with van der Waals surface area (Å²) in [6.07, 6.45) is 3.55. The average Bonchev–Trinajstić information content (AvgIpc) is 2.90. The van der Waals surface area contributed by atoms with Crippen molar-refractivity contribution in [2.75, 3.05) is 11.3 Å². The van der Waals surface area contributed by atoms with Gasteiger partial charge in [-0.15, -0.1) is 0 Å². The number of nitrogens with zero attached hydrogens (tertiary/aromatic N) is 2. The van der Waals surface area contributed by atoms with Gasteiger partial charge in [0.05, 0.1) is 11.9 Å². The van der Waals surface area contributed by atoms with Gasteiger partial charge in [-0.05, 0) is 57.0 Å². The van der Waals surface area contributed by atoms with Gasteiger partial charge in [0.2, 0.25) is 0 Å². The molecule has 0 radical (unpaired) electrons. The van der Waals surface area contributed by atoms with Gasteiger partial charge in [-0.25, -0.2) is 8.42 Å². The Hall–Kier alpha value is -0.900. The van der Waals surface area contributed by atoms with Crippen LogP contribution in [-0.2, 0) is 16.6 Å². The van der Waals surface area contributed by atoms with Gasteiger partial charge < -0.3 is 5.73 Å². The number of aromatic nitrogens is 2. The molecular formula is C12H14Br2N4O2S. The minimum absolute atomic E-state index is 0.113. The quantitative estimate of drug-likeness (QED) is 0.726. The lowest BCUT2D eigenvalue weighted by molar-refractivity contribution is 0.582. The average molecular weight is 438 g/mol. The Morgan fingerprint density at radius 2 is 1.95 bits per heavy atom. The molecule has 0 aliphatic heterocycles. The molecule has 0 spiro atoms. The predicted octanol–water partition coefficient (Wildman–Crippen LogP) is 2.56. The first-order chi connectivity index (χ1) is 9.94. The van der Waals surface area contributed by atoms with E-state index in [4.69, 9.17) is 5.73 Å². The molecule has 1 heterocycles. The van der Waals surface area contributed by atoms with Crippen LogP contribution in [0.3, 0.4) is 0 Å². The van der Waals surface area contributed by atoms with Crippen molar-refractivity contribution >= 4 is 47.6 Å². The number of rotatable bonds is 6. The number of halogens is 2. The van der Waals surface area contributed by atoms with E-state index >= 15 is 0 Å². The lowest BCUT2D eigenvalue weighted by Crippen LogP contribution is -2.13. The molecule has 0 aliphatic carbocycles. The van der Waals surface area contributed by atoms with Crippen LogP contribution in [0.25, 0.3) is 0 Å². The molecule has 0 saturated heterocycles. The summed E-state index contributed by atoms with van der Waals surface area (Å²) < 4.78 is 30.1. The van der Waals surface area contributed by atoms with Gasteiger partial charge in [0.25, 0.3) is 10.0 Å². The van der Waals surface area contributed by atoms with Crippen LogP contribution >= 0.6 is 31.9 Å². The number of hydrogen-bond acceptors (Lipinski definition) is 4. The van der Waals surface area contributed by atoms with E-state index in [-0.39, 0.29) is 4.90 Å². The van der Waals surface area contributed by atoms with Crippen LogP contribution in [0.5, 0.6) is 0 Å².